The molecule has 0 radical (unpaired) electrons. The Morgan fingerprint density at radius 2 is 2.04 bits per heavy atom. The van der Waals surface area contributed by atoms with Crippen LogP contribution in [-0.4, -0.2) is 48.5 Å². The monoisotopic (exact) mass is 386 g/mol. The van der Waals surface area contributed by atoms with Crippen LogP contribution in [0.1, 0.15) is 23.8 Å². The Balaban J connectivity index is 1.85. The van der Waals surface area contributed by atoms with Gasteiger partial charge in [-0.2, -0.15) is 4.98 Å². The van der Waals surface area contributed by atoms with E-state index in [1.54, 1.807) is 4.57 Å². The second-order valence-corrected chi connectivity index (χ2v) is 7.04. The van der Waals surface area contributed by atoms with Crippen molar-refractivity contribution in [2.24, 2.45) is 0 Å². The Morgan fingerprint density at radius 1 is 1.32 bits per heavy atom. The van der Waals surface area contributed by atoms with E-state index in [4.69, 9.17) is 10.5 Å². The van der Waals surface area contributed by atoms with Crippen LogP contribution in [0.4, 0.5) is 17.6 Å². The third kappa shape index (κ3) is 3.21. The Labute approximate surface area is 160 Å². The molecular formula is C18H22N6O4. The molecule has 148 valence electrons. The van der Waals surface area contributed by atoms with Gasteiger partial charge in [0.05, 0.1) is 12.7 Å². The molecule has 10 nitrogen and oxygen atoms in total. The van der Waals surface area contributed by atoms with E-state index >= 15 is 0 Å². The third-order valence-corrected chi connectivity index (χ3v) is 4.72. The second kappa shape index (κ2) is 6.89. The number of hydrogen-bond donors (Lipinski definition) is 5. The summed E-state index contributed by atoms with van der Waals surface area (Å²) in [5.74, 6) is 0.285. The van der Waals surface area contributed by atoms with Crippen molar-refractivity contribution < 1.29 is 14.9 Å². The van der Waals surface area contributed by atoms with Crippen LogP contribution in [0.5, 0.6) is 0 Å². The topological polar surface area (TPSA) is 151 Å². The van der Waals surface area contributed by atoms with Crippen LogP contribution in [0.25, 0.3) is 11.2 Å². The largest absolute Gasteiger partial charge is 0.394 e. The van der Waals surface area contributed by atoms with Gasteiger partial charge < -0.3 is 26.0 Å². The molecule has 6 N–H and O–H groups in total. The molecule has 1 aliphatic rings. The van der Waals surface area contributed by atoms with Crippen LogP contribution in [-0.2, 0) is 4.74 Å². The molecule has 1 aromatic carbocycles. The van der Waals surface area contributed by atoms with Crippen LogP contribution in [0, 0.1) is 13.8 Å². The molecule has 0 spiro atoms. The number of rotatable bonds is 4. The highest BCUT2D eigenvalue weighted by Gasteiger charge is 2.37. The summed E-state index contributed by atoms with van der Waals surface area (Å²) >= 11 is 0. The third-order valence-electron chi connectivity index (χ3n) is 4.72. The first-order chi connectivity index (χ1) is 13.4. The minimum absolute atomic E-state index is 0.0474. The highest BCUT2D eigenvalue weighted by molar-refractivity contribution is 5.76. The number of aromatic amines is 1. The number of anilines is 3. The van der Waals surface area contributed by atoms with Crippen LogP contribution < -0.4 is 16.6 Å². The summed E-state index contributed by atoms with van der Waals surface area (Å²) in [5.41, 5.74) is 8.51. The standard InChI is InChI=1S/C18H22N6O4/c1-8-3-9(2)5-10(4-8)20-18-21-14-15(22-17(19)23-16(14)27)24(18)13-6-11(26)12(7-25)28-13/h3-5,11-13,25-26H,6-7H2,1-2H3,(H,20,21)(H3,19,22,23,27)/t11-,12+,13+/m0/s1. The fourth-order valence-electron chi connectivity index (χ4n) is 3.58. The molecule has 1 saturated heterocycles. The number of imidazole rings is 1. The Morgan fingerprint density at radius 3 is 2.68 bits per heavy atom. The first-order valence-electron chi connectivity index (χ1n) is 8.93. The average Bonchev–Trinajstić information content (AvgIpc) is 3.14. The van der Waals surface area contributed by atoms with Crippen molar-refractivity contribution in [3.8, 4) is 0 Å². The SMILES string of the molecule is Cc1cc(C)cc(Nc2nc3c(=O)[nH]c(N)nc3n2[C@H]2C[C@H](O)[C@@H](CO)O2)c1. The van der Waals surface area contributed by atoms with Gasteiger partial charge in [-0.05, 0) is 37.1 Å². The smallest absolute Gasteiger partial charge is 0.280 e. The predicted octanol–water partition coefficient (Wildman–Crippen LogP) is 0.703. The quantitative estimate of drug-likeness (QED) is 0.439. The summed E-state index contributed by atoms with van der Waals surface area (Å²) in [4.78, 5) is 23.4. The lowest BCUT2D eigenvalue weighted by Crippen LogP contribution is -2.24. The predicted molar refractivity (Wildman–Crippen MR) is 103 cm³/mol. The summed E-state index contributed by atoms with van der Waals surface area (Å²) < 4.78 is 7.37. The van der Waals surface area contributed by atoms with Gasteiger partial charge in [-0.15, -0.1) is 0 Å². The van der Waals surface area contributed by atoms with E-state index in [0.717, 1.165) is 16.8 Å². The minimum Gasteiger partial charge on any atom is -0.394 e. The maximum atomic E-state index is 12.3. The lowest BCUT2D eigenvalue weighted by Gasteiger charge is -2.17. The molecule has 2 aromatic heterocycles. The number of benzene rings is 1. The summed E-state index contributed by atoms with van der Waals surface area (Å²) in [6.07, 6.45) is -2.02. The van der Waals surface area contributed by atoms with Crippen molar-refractivity contribution in [2.75, 3.05) is 17.7 Å². The number of ether oxygens (including phenoxy) is 1. The van der Waals surface area contributed by atoms with Gasteiger partial charge in [-0.3, -0.25) is 14.3 Å². The molecule has 0 bridgehead atoms. The number of fused-ring (bicyclic) bond motifs is 1. The Kier molecular flexibility index (Phi) is 4.53. The van der Waals surface area contributed by atoms with Gasteiger partial charge in [0.2, 0.25) is 11.9 Å². The maximum absolute atomic E-state index is 12.3. The van der Waals surface area contributed by atoms with E-state index < -0.39 is 24.0 Å². The van der Waals surface area contributed by atoms with Gasteiger partial charge in [0, 0.05) is 12.1 Å². The summed E-state index contributed by atoms with van der Waals surface area (Å²) in [5, 5.41) is 22.8. The number of aliphatic hydroxyl groups excluding tert-OH is 2. The van der Waals surface area contributed by atoms with E-state index in [9.17, 15) is 15.0 Å². The average molecular weight is 386 g/mol. The second-order valence-electron chi connectivity index (χ2n) is 7.04. The molecule has 0 amide bonds. The number of nitrogens with two attached hydrogens (primary N) is 1. The van der Waals surface area contributed by atoms with Gasteiger partial charge in [0.25, 0.3) is 5.56 Å². The summed E-state index contributed by atoms with van der Waals surface area (Å²) in [6, 6.07) is 5.94. The normalized spacial score (nSPS) is 22.1. The summed E-state index contributed by atoms with van der Waals surface area (Å²) in [7, 11) is 0. The molecule has 0 saturated carbocycles. The number of aliphatic hydroxyl groups is 2. The van der Waals surface area contributed by atoms with Crippen molar-refractivity contribution in [1.29, 1.82) is 0 Å². The molecule has 1 aliphatic heterocycles. The van der Waals surface area contributed by atoms with Crippen molar-refractivity contribution in [3.05, 3.63) is 39.7 Å². The lowest BCUT2D eigenvalue weighted by atomic mass is 10.1. The molecule has 0 aliphatic carbocycles. The van der Waals surface area contributed by atoms with E-state index in [1.807, 2.05) is 32.0 Å². The number of nitrogens with zero attached hydrogens (tertiary/aromatic N) is 3. The molecule has 28 heavy (non-hydrogen) atoms. The number of hydrogen-bond acceptors (Lipinski definition) is 8. The van der Waals surface area contributed by atoms with Crippen LogP contribution >= 0.6 is 0 Å². The molecule has 3 atom stereocenters. The van der Waals surface area contributed by atoms with Crippen LogP contribution in [0.2, 0.25) is 0 Å². The zero-order valence-corrected chi connectivity index (χ0v) is 15.5. The van der Waals surface area contributed by atoms with Crippen LogP contribution in [0.3, 0.4) is 0 Å². The Hall–Kier alpha value is -2.95. The fraction of sp³-hybridized carbons (Fsp3) is 0.389. The van der Waals surface area contributed by atoms with Gasteiger partial charge in [-0.25, -0.2) is 4.98 Å². The number of nitrogens with one attached hydrogen (secondary N) is 2. The first kappa shape index (κ1) is 18.4. The number of nitrogen functional groups attached to an aromatic ring is 1. The van der Waals surface area contributed by atoms with Gasteiger partial charge in [-0.1, -0.05) is 6.07 Å². The zero-order chi connectivity index (χ0) is 20.0. The fourth-order valence-corrected chi connectivity index (χ4v) is 3.58. The molecule has 1 fully saturated rings. The van der Waals surface area contributed by atoms with Crippen LogP contribution in [0.15, 0.2) is 23.0 Å². The molecule has 4 rings (SSSR count). The van der Waals surface area contributed by atoms with E-state index in [2.05, 4.69) is 20.3 Å². The molecule has 10 heteroatoms. The highest BCUT2D eigenvalue weighted by Crippen LogP contribution is 2.34. The van der Waals surface area contributed by atoms with E-state index in [-0.39, 0.29) is 30.1 Å². The Bertz CT molecular complexity index is 1070. The molecule has 3 heterocycles. The maximum Gasteiger partial charge on any atom is 0.280 e. The van der Waals surface area contributed by atoms with Gasteiger partial charge >= 0.3 is 0 Å². The summed E-state index contributed by atoms with van der Waals surface area (Å²) in [6.45, 7) is 3.65. The van der Waals surface area contributed by atoms with E-state index in [0.29, 0.717) is 5.95 Å². The first-order valence-corrected chi connectivity index (χ1v) is 8.93. The van der Waals surface area contributed by atoms with Crippen molar-refractivity contribution in [3.63, 3.8) is 0 Å². The number of aryl methyl sites for hydroxylation is 2. The van der Waals surface area contributed by atoms with Crippen molar-refractivity contribution in [2.45, 2.75) is 38.7 Å². The van der Waals surface area contributed by atoms with Crippen molar-refractivity contribution >= 4 is 28.7 Å². The van der Waals surface area contributed by atoms with Gasteiger partial charge in [0.1, 0.15) is 12.3 Å². The number of H-pyrrole nitrogens is 1. The lowest BCUT2D eigenvalue weighted by molar-refractivity contribution is -0.0425. The minimum atomic E-state index is -0.846. The van der Waals surface area contributed by atoms with Crippen molar-refractivity contribution in [1.82, 2.24) is 19.5 Å². The number of aromatic nitrogens is 4. The molecule has 0 unspecified atom stereocenters. The molecular weight excluding hydrogens is 364 g/mol. The van der Waals surface area contributed by atoms with E-state index in [1.165, 1.54) is 0 Å². The zero-order valence-electron chi connectivity index (χ0n) is 15.5. The highest BCUT2D eigenvalue weighted by atomic mass is 16.5. The van der Waals surface area contributed by atoms with Gasteiger partial charge in [0.15, 0.2) is 11.2 Å². The molecule has 3 aromatic rings.